The molecule has 2 N–H and O–H groups in total. The van der Waals surface area contributed by atoms with Crippen molar-refractivity contribution in [3.05, 3.63) is 41.6 Å². The van der Waals surface area contributed by atoms with Gasteiger partial charge < -0.3 is 24.6 Å². The molecule has 0 saturated carbocycles. The van der Waals surface area contributed by atoms with Gasteiger partial charge in [0, 0.05) is 11.6 Å². The van der Waals surface area contributed by atoms with Gasteiger partial charge in [-0.05, 0) is 19.9 Å². The Hall–Kier alpha value is -2.87. The molecule has 26 heavy (non-hydrogen) atoms. The molecule has 8 nitrogen and oxygen atoms in total. The zero-order valence-electron chi connectivity index (χ0n) is 14.4. The Morgan fingerprint density at radius 3 is 2.62 bits per heavy atom. The molecule has 3 rings (SSSR count). The Balaban J connectivity index is 2.09. The van der Waals surface area contributed by atoms with Gasteiger partial charge in [0.2, 0.25) is 0 Å². The van der Waals surface area contributed by atoms with Crippen molar-refractivity contribution in [3.63, 3.8) is 0 Å². The predicted molar refractivity (Wildman–Crippen MR) is 87.7 cm³/mol. The van der Waals surface area contributed by atoms with Crippen LogP contribution in [0.3, 0.4) is 0 Å². The van der Waals surface area contributed by atoms with E-state index in [0.29, 0.717) is 5.56 Å². The number of ketones is 1. The highest BCUT2D eigenvalue weighted by molar-refractivity contribution is 6.04. The van der Waals surface area contributed by atoms with E-state index >= 15 is 0 Å². The lowest BCUT2D eigenvalue weighted by molar-refractivity contribution is -0.223. The van der Waals surface area contributed by atoms with Gasteiger partial charge in [-0.3, -0.25) is 4.79 Å². The van der Waals surface area contributed by atoms with E-state index in [4.69, 9.17) is 14.2 Å². The summed E-state index contributed by atoms with van der Waals surface area (Å²) in [6.07, 6.45) is 1.01. The lowest BCUT2D eigenvalue weighted by Gasteiger charge is -2.44. The molecule has 2 aliphatic heterocycles. The van der Waals surface area contributed by atoms with Gasteiger partial charge >= 0.3 is 17.7 Å². The summed E-state index contributed by atoms with van der Waals surface area (Å²) in [6, 6.07) is 5.78. The third-order valence-electron chi connectivity index (χ3n) is 4.24. The van der Waals surface area contributed by atoms with Crippen LogP contribution >= 0.6 is 0 Å². The molecule has 0 amide bonds. The Morgan fingerprint density at radius 1 is 1.23 bits per heavy atom. The second-order valence-electron chi connectivity index (χ2n) is 5.84. The van der Waals surface area contributed by atoms with Crippen LogP contribution in [0.1, 0.15) is 25.5 Å². The smallest absolute Gasteiger partial charge is 0.380 e. The first-order valence-corrected chi connectivity index (χ1v) is 8.29. The van der Waals surface area contributed by atoms with Crippen LogP contribution in [0, 0.1) is 5.92 Å². The van der Waals surface area contributed by atoms with Crippen molar-refractivity contribution in [3.8, 4) is 5.75 Å². The van der Waals surface area contributed by atoms with E-state index in [1.807, 2.05) is 0 Å². The highest BCUT2D eigenvalue weighted by Gasteiger charge is 2.60. The summed E-state index contributed by atoms with van der Waals surface area (Å²) < 4.78 is 15.3. The Bertz CT molecular complexity index is 787. The molecule has 3 unspecified atom stereocenters. The van der Waals surface area contributed by atoms with E-state index < -0.39 is 35.5 Å². The number of hydrogen-bond acceptors (Lipinski definition) is 8. The first-order valence-electron chi connectivity index (χ1n) is 8.29. The maximum atomic E-state index is 12.7. The molecule has 0 spiro atoms. The number of benzene rings is 1. The second-order valence-corrected chi connectivity index (χ2v) is 5.84. The minimum absolute atomic E-state index is 0.00900. The van der Waals surface area contributed by atoms with Crippen LogP contribution in [0.5, 0.6) is 5.75 Å². The van der Waals surface area contributed by atoms with Crippen LogP contribution in [0.4, 0.5) is 0 Å². The summed E-state index contributed by atoms with van der Waals surface area (Å²) in [4.78, 5) is 37.1. The van der Waals surface area contributed by atoms with E-state index in [1.54, 1.807) is 38.1 Å². The molecular weight excluding hydrogens is 342 g/mol. The van der Waals surface area contributed by atoms with E-state index in [0.717, 1.165) is 6.08 Å². The largest absolute Gasteiger partial charge is 0.461 e. The first-order chi connectivity index (χ1) is 12.4. The number of esters is 2. The maximum absolute atomic E-state index is 12.7. The summed E-state index contributed by atoms with van der Waals surface area (Å²) in [6.45, 7) is 3.38. The summed E-state index contributed by atoms with van der Waals surface area (Å²) in [7, 11) is 0. The molecule has 0 aliphatic carbocycles. The minimum atomic E-state index is -2.50. The zero-order valence-corrected chi connectivity index (χ0v) is 14.4. The molecule has 138 valence electrons. The average molecular weight is 361 g/mol. The SMILES string of the molecule is CCOC(=O)C1=CC(=O)C2C(N1)c1ccccc1OC2(O)C(=O)OCC. The number of carbonyl (C=O) groups excluding carboxylic acids is 3. The number of rotatable bonds is 4. The van der Waals surface area contributed by atoms with Gasteiger partial charge in [0.1, 0.15) is 17.4 Å². The quantitative estimate of drug-likeness (QED) is 0.751. The second kappa shape index (κ2) is 6.80. The van der Waals surface area contributed by atoms with Gasteiger partial charge in [0.15, 0.2) is 5.78 Å². The number of ether oxygens (including phenoxy) is 3. The molecule has 0 fully saturated rings. The normalized spacial score (nSPS) is 26.4. The molecule has 2 aliphatic rings. The first kappa shape index (κ1) is 17.9. The van der Waals surface area contributed by atoms with Gasteiger partial charge in [0.05, 0.1) is 19.3 Å². The Morgan fingerprint density at radius 2 is 1.92 bits per heavy atom. The lowest BCUT2D eigenvalue weighted by Crippen LogP contribution is -2.62. The fourth-order valence-corrected chi connectivity index (χ4v) is 3.16. The van der Waals surface area contributed by atoms with Crippen LogP contribution < -0.4 is 10.1 Å². The molecular formula is C18H19NO7. The average Bonchev–Trinajstić information content (AvgIpc) is 2.61. The van der Waals surface area contributed by atoms with Gasteiger partial charge in [-0.15, -0.1) is 0 Å². The number of hydrogen-bond donors (Lipinski definition) is 2. The third-order valence-corrected chi connectivity index (χ3v) is 4.24. The van der Waals surface area contributed by atoms with E-state index in [2.05, 4.69) is 5.32 Å². The molecule has 0 radical (unpaired) electrons. The number of allylic oxidation sites excluding steroid dienone is 1. The molecule has 2 heterocycles. The standard InChI is InChI=1S/C18H19NO7/c1-3-24-16(21)11-9-12(20)14-15(19-11)10-7-5-6-8-13(10)26-18(14,23)17(22)25-4-2/h5-9,14-15,19,23H,3-4H2,1-2H3. The van der Waals surface area contributed by atoms with Gasteiger partial charge in [-0.1, -0.05) is 18.2 Å². The summed E-state index contributed by atoms with van der Waals surface area (Å²) in [5.74, 6) is -5.99. The lowest BCUT2D eigenvalue weighted by atomic mass is 9.78. The molecule has 1 aromatic rings. The Kier molecular flexibility index (Phi) is 4.69. The fourth-order valence-electron chi connectivity index (χ4n) is 3.16. The summed E-state index contributed by atoms with van der Waals surface area (Å²) in [5.41, 5.74) is 0.496. The zero-order chi connectivity index (χ0) is 18.9. The van der Waals surface area contributed by atoms with Crippen LogP contribution in [0.15, 0.2) is 36.0 Å². The predicted octanol–water partition coefficient (Wildman–Crippen LogP) is 0.607. The van der Waals surface area contributed by atoms with Gasteiger partial charge in [-0.2, -0.15) is 0 Å². The number of fused-ring (bicyclic) bond motifs is 3. The monoisotopic (exact) mass is 361 g/mol. The maximum Gasteiger partial charge on any atom is 0.380 e. The fraction of sp³-hybridized carbons (Fsp3) is 0.389. The third kappa shape index (κ3) is 2.82. The highest BCUT2D eigenvalue weighted by Crippen LogP contribution is 2.45. The Labute approximate surface area is 149 Å². The van der Waals surface area contributed by atoms with Crippen molar-refractivity contribution in [2.24, 2.45) is 5.92 Å². The summed E-state index contributed by atoms with van der Waals surface area (Å²) >= 11 is 0. The highest BCUT2D eigenvalue weighted by atomic mass is 16.7. The number of aliphatic hydroxyl groups is 1. The van der Waals surface area contributed by atoms with Crippen molar-refractivity contribution >= 4 is 17.7 Å². The van der Waals surface area contributed by atoms with E-state index in [1.165, 1.54) is 0 Å². The molecule has 0 aromatic heterocycles. The van der Waals surface area contributed by atoms with E-state index in [9.17, 15) is 19.5 Å². The van der Waals surface area contributed by atoms with Crippen molar-refractivity contribution < 1.29 is 33.7 Å². The molecule has 0 saturated heterocycles. The molecule has 3 atom stereocenters. The summed E-state index contributed by atoms with van der Waals surface area (Å²) in [5, 5.41) is 13.8. The van der Waals surface area contributed by atoms with Crippen LogP contribution in [-0.4, -0.2) is 41.8 Å². The van der Waals surface area contributed by atoms with Crippen molar-refractivity contribution in [1.29, 1.82) is 0 Å². The molecule has 0 bridgehead atoms. The molecule has 1 aromatic carbocycles. The van der Waals surface area contributed by atoms with Gasteiger partial charge in [-0.25, -0.2) is 9.59 Å². The molecule has 8 heteroatoms. The van der Waals surface area contributed by atoms with Crippen LogP contribution in [0.25, 0.3) is 0 Å². The van der Waals surface area contributed by atoms with Crippen molar-refractivity contribution in [1.82, 2.24) is 5.32 Å². The van der Waals surface area contributed by atoms with Gasteiger partial charge in [0.25, 0.3) is 0 Å². The van der Waals surface area contributed by atoms with Crippen molar-refractivity contribution in [2.45, 2.75) is 25.7 Å². The van der Waals surface area contributed by atoms with E-state index in [-0.39, 0.29) is 24.7 Å². The minimum Gasteiger partial charge on any atom is -0.461 e. The topological polar surface area (TPSA) is 111 Å². The van der Waals surface area contributed by atoms with Crippen molar-refractivity contribution in [2.75, 3.05) is 13.2 Å². The van der Waals surface area contributed by atoms with Crippen LogP contribution in [-0.2, 0) is 23.9 Å². The number of nitrogens with one attached hydrogen (secondary N) is 1. The number of carbonyl (C=O) groups is 3. The van der Waals surface area contributed by atoms with Crippen LogP contribution in [0.2, 0.25) is 0 Å². The number of para-hydroxylation sites is 1.